The van der Waals surface area contributed by atoms with Crippen LogP contribution in [0.2, 0.25) is 0 Å². The Bertz CT molecular complexity index is 1370. The molecule has 5 aromatic rings. The van der Waals surface area contributed by atoms with E-state index in [-0.39, 0.29) is 28.7 Å². The topological polar surface area (TPSA) is 101 Å². The van der Waals surface area contributed by atoms with Crippen LogP contribution in [0.4, 0.5) is 0 Å². The van der Waals surface area contributed by atoms with Crippen molar-refractivity contribution in [3.63, 3.8) is 0 Å². The van der Waals surface area contributed by atoms with Gasteiger partial charge in [-0.3, -0.25) is 0 Å². The SMILES string of the molecule is Oc1ccc(C(c2c(O)ccc3ccc(O)cc23)c2c(O)ccc3ccc(O)cc23)cc1. The number of hydrogen-bond donors (Lipinski definition) is 5. The first-order chi connectivity index (χ1) is 15.4. The molecular weight excluding hydrogens is 404 g/mol. The maximum absolute atomic E-state index is 11.0. The van der Waals surface area contributed by atoms with Gasteiger partial charge in [0.2, 0.25) is 0 Å². The van der Waals surface area contributed by atoms with Crippen LogP contribution >= 0.6 is 0 Å². The molecule has 0 unspecified atom stereocenters. The maximum atomic E-state index is 11.0. The summed E-state index contributed by atoms with van der Waals surface area (Å²) in [5, 5.41) is 55.1. The Kier molecular flexibility index (Phi) is 4.52. The van der Waals surface area contributed by atoms with Crippen molar-refractivity contribution in [1.82, 2.24) is 0 Å². The molecule has 5 rings (SSSR count). The van der Waals surface area contributed by atoms with Crippen molar-refractivity contribution in [3.8, 4) is 28.7 Å². The van der Waals surface area contributed by atoms with Gasteiger partial charge in [0, 0.05) is 17.0 Å². The first-order valence-electron chi connectivity index (χ1n) is 10.1. The van der Waals surface area contributed by atoms with Crippen LogP contribution in [0, 0.1) is 0 Å². The molecule has 0 bridgehead atoms. The second-order valence-corrected chi connectivity index (χ2v) is 7.83. The van der Waals surface area contributed by atoms with E-state index in [4.69, 9.17) is 0 Å². The predicted molar refractivity (Wildman–Crippen MR) is 124 cm³/mol. The van der Waals surface area contributed by atoms with E-state index >= 15 is 0 Å². The zero-order chi connectivity index (χ0) is 22.4. The molecule has 0 spiro atoms. The molecule has 0 atom stereocenters. The van der Waals surface area contributed by atoms with Gasteiger partial charge in [-0.2, -0.15) is 0 Å². The normalized spacial score (nSPS) is 11.4. The predicted octanol–water partition coefficient (Wildman–Crippen LogP) is 5.70. The fraction of sp³-hybridized carbons (Fsp3) is 0.0370. The van der Waals surface area contributed by atoms with Crippen molar-refractivity contribution in [2.75, 3.05) is 0 Å². The van der Waals surface area contributed by atoms with Crippen LogP contribution in [0.3, 0.4) is 0 Å². The van der Waals surface area contributed by atoms with Crippen LogP contribution in [0.15, 0.2) is 84.9 Å². The number of phenols is 5. The summed E-state index contributed by atoms with van der Waals surface area (Å²) in [7, 11) is 0. The van der Waals surface area contributed by atoms with E-state index in [1.165, 1.54) is 0 Å². The molecule has 0 aliphatic carbocycles. The smallest absolute Gasteiger partial charge is 0.120 e. The lowest BCUT2D eigenvalue weighted by Gasteiger charge is -2.24. The molecule has 5 N–H and O–H groups in total. The summed E-state index contributed by atoms with van der Waals surface area (Å²) in [6, 6.07) is 23.1. The van der Waals surface area contributed by atoms with Gasteiger partial charge >= 0.3 is 0 Å². The first kappa shape index (κ1) is 19.6. The molecule has 0 radical (unpaired) electrons. The number of fused-ring (bicyclic) bond motifs is 2. The van der Waals surface area contributed by atoms with E-state index in [1.807, 2.05) is 0 Å². The maximum Gasteiger partial charge on any atom is 0.120 e. The molecule has 0 amide bonds. The Morgan fingerprint density at radius 1 is 0.438 bits per heavy atom. The monoisotopic (exact) mass is 424 g/mol. The highest BCUT2D eigenvalue weighted by molar-refractivity contribution is 5.94. The van der Waals surface area contributed by atoms with Crippen LogP contribution in [0.25, 0.3) is 21.5 Å². The molecule has 0 heterocycles. The molecule has 0 aliphatic rings. The largest absolute Gasteiger partial charge is 0.508 e. The lowest BCUT2D eigenvalue weighted by Crippen LogP contribution is -2.06. The summed E-state index contributed by atoms with van der Waals surface area (Å²) >= 11 is 0. The zero-order valence-corrected chi connectivity index (χ0v) is 16.9. The van der Waals surface area contributed by atoms with Crippen LogP contribution in [-0.2, 0) is 0 Å². The number of phenolic OH excluding ortho intramolecular Hbond substituents is 5. The minimum Gasteiger partial charge on any atom is -0.508 e. The van der Waals surface area contributed by atoms with Crippen LogP contribution < -0.4 is 0 Å². The van der Waals surface area contributed by atoms with E-state index in [1.54, 1.807) is 84.9 Å². The van der Waals surface area contributed by atoms with Crippen molar-refractivity contribution in [2.45, 2.75) is 5.92 Å². The number of rotatable bonds is 3. The average molecular weight is 424 g/mol. The van der Waals surface area contributed by atoms with Crippen molar-refractivity contribution < 1.29 is 25.5 Å². The van der Waals surface area contributed by atoms with Crippen molar-refractivity contribution in [3.05, 3.63) is 102 Å². The minimum atomic E-state index is -0.661. The molecule has 5 heteroatoms. The lowest BCUT2D eigenvalue weighted by atomic mass is 9.79. The number of hydrogen-bond acceptors (Lipinski definition) is 5. The lowest BCUT2D eigenvalue weighted by molar-refractivity contribution is 0.460. The Balaban J connectivity index is 1.93. The molecule has 0 aliphatic heterocycles. The Hall–Kier alpha value is -4.38. The van der Waals surface area contributed by atoms with Crippen LogP contribution in [0.5, 0.6) is 28.7 Å². The van der Waals surface area contributed by atoms with Crippen LogP contribution in [0.1, 0.15) is 22.6 Å². The van der Waals surface area contributed by atoms with E-state index in [9.17, 15) is 25.5 Å². The Morgan fingerprint density at radius 2 is 0.844 bits per heavy atom. The number of benzene rings is 5. The highest BCUT2D eigenvalue weighted by atomic mass is 16.3. The summed E-state index contributed by atoms with van der Waals surface area (Å²) < 4.78 is 0. The summed E-state index contributed by atoms with van der Waals surface area (Å²) in [5.74, 6) is -0.476. The molecule has 32 heavy (non-hydrogen) atoms. The third-order valence-electron chi connectivity index (χ3n) is 5.85. The van der Waals surface area contributed by atoms with E-state index in [0.717, 1.165) is 10.8 Å². The summed E-state index contributed by atoms with van der Waals surface area (Å²) in [6.45, 7) is 0. The highest BCUT2D eigenvalue weighted by Crippen LogP contribution is 2.47. The Labute approximate surface area is 183 Å². The van der Waals surface area contributed by atoms with E-state index < -0.39 is 5.92 Å². The minimum absolute atomic E-state index is 0.00210. The highest BCUT2D eigenvalue weighted by Gasteiger charge is 2.27. The molecule has 158 valence electrons. The van der Waals surface area contributed by atoms with E-state index in [0.29, 0.717) is 27.5 Å². The molecule has 5 aromatic carbocycles. The van der Waals surface area contributed by atoms with Gasteiger partial charge in [-0.25, -0.2) is 0 Å². The van der Waals surface area contributed by atoms with Gasteiger partial charge in [0.25, 0.3) is 0 Å². The standard InChI is InChI=1S/C27H20O5/c28-18-7-3-17(4-8-18)25(26-21-13-19(29)9-1-15(21)5-11-23(26)31)27-22-14-20(30)10-2-16(22)6-12-24(27)32/h1-14,25,28-32H. The molecule has 0 saturated carbocycles. The van der Waals surface area contributed by atoms with Gasteiger partial charge in [0.15, 0.2) is 0 Å². The van der Waals surface area contributed by atoms with Gasteiger partial charge in [-0.05, 0) is 75.6 Å². The van der Waals surface area contributed by atoms with Gasteiger partial charge < -0.3 is 25.5 Å². The Morgan fingerprint density at radius 3 is 1.31 bits per heavy atom. The summed E-state index contributed by atoms with van der Waals surface area (Å²) in [4.78, 5) is 0. The van der Waals surface area contributed by atoms with Gasteiger partial charge in [0.05, 0.1) is 0 Å². The second kappa shape index (κ2) is 7.39. The van der Waals surface area contributed by atoms with Crippen LogP contribution in [-0.4, -0.2) is 25.5 Å². The van der Waals surface area contributed by atoms with Crippen molar-refractivity contribution in [1.29, 1.82) is 0 Å². The average Bonchev–Trinajstić information content (AvgIpc) is 2.77. The van der Waals surface area contributed by atoms with E-state index in [2.05, 4.69) is 0 Å². The van der Waals surface area contributed by atoms with Gasteiger partial charge in [-0.15, -0.1) is 0 Å². The van der Waals surface area contributed by atoms with Crippen molar-refractivity contribution >= 4 is 21.5 Å². The quantitative estimate of drug-likeness (QED) is 0.239. The molecular formula is C27H20O5. The fourth-order valence-corrected chi connectivity index (χ4v) is 4.39. The fourth-order valence-electron chi connectivity index (χ4n) is 4.39. The molecule has 0 fully saturated rings. The van der Waals surface area contributed by atoms with Crippen molar-refractivity contribution in [2.24, 2.45) is 0 Å². The second-order valence-electron chi connectivity index (χ2n) is 7.83. The zero-order valence-electron chi connectivity index (χ0n) is 16.9. The van der Waals surface area contributed by atoms with Gasteiger partial charge in [0.1, 0.15) is 28.7 Å². The van der Waals surface area contributed by atoms with Gasteiger partial charge in [-0.1, -0.05) is 36.4 Å². The summed E-state index contributed by atoms with van der Waals surface area (Å²) in [6.07, 6.45) is 0. The molecule has 5 nitrogen and oxygen atoms in total. The molecule has 0 aromatic heterocycles. The third-order valence-corrected chi connectivity index (χ3v) is 5.85. The first-order valence-corrected chi connectivity index (χ1v) is 10.1. The molecule has 0 saturated heterocycles. The third kappa shape index (κ3) is 3.20. The summed E-state index contributed by atoms with van der Waals surface area (Å²) in [5.41, 5.74) is 1.70. The number of aromatic hydroxyl groups is 5.